The molecule has 3 aromatic heterocycles. The Morgan fingerprint density at radius 1 is 0.964 bits per heavy atom. The van der Waals surface area contributed by atoms with Gasteiger partial charge in [-0.1, -0.05) is 0 Å². The van der Waals surface area contributed by atoms with Gasteiger partial charge in [0.15, 0.2) is 17.2 Å². The summed E-state index contributed by atoms with van der Waals surface area (Å²) in [4.78, 5) is 17.4. The summed E-state index contributed by atoms with van der Waals surface area (Å²) < 4.78 is 24.8. The number of ether oxygens (including phenoxy) is 2. The van der Waals surface area contributed by atoms with Crippen molar-refractivity contribution in [2.24, 2.45) is 0 Å². The summed E-state index contributed by atoms with van der Waals surface area (Å²) in [7, 11) is 2.90. The topological polar surface area (TPSA) is 82.0 Å². The lowest BCUT2D eigenvalue weighted by molar-refractivity contribution is 0.375. The van der Waals surface area contributed by atoms with E-state index in [2.05, 4.69) is 25.3 Å². The molecule has 0 unspecified atom stereocenters. The van der Waals surface area contributed by atoms with Crippen LogP contribution >= 0.6 is 0 Å². The molecule has 0 saturated carbocycles. The molecule has 7 nitrogen and oxygen atoms in total. The van der Waals surface area contributed by atoms with Crippen molar-refractivity contribution in [2.45, 2.75) is 0 Å². The molecule has 1 N–H and O–H groups in total. The highest BCUT2D eigenvalue weighted by molar-refractivity contribution is 5.76. The first kappa shape index (κ1) is 17.6. The largest absolute Gasteiger partial charge is 0.497 e. The van der Waals surface area contributed by atoms with Gasteiger partial charge in [0.25, 0.3) is 0 Å². The number of pyridine rings is 2. The van der Waals surface area contributed by atoms with Crippen molar-refractivity contribution in [3.63, 3.8) is 0 Å². The van der Waals surface area contributed by atoms with E-state index in [1.807, 2.05) is 12.1 Å². The van der Waals surface area contributed by atoms with Gasteiger partial charge in [0.05, 0.1) is 31.8 Å². The zero-order chi connectivity index (χ0) is 19.5. The minimum atomic E-state index is -0.540. The number of anilines is 2. The molecule has 140 valence electrons. The quantitative estimate of drug-likeness (QED) is 0.563. The van der Waals surface area contributed by atoms with Crippen LogP contribution in [0.1, 0.15) is 0 Å². The molecule has 0 atom stereocenters. The van der Waals surface area contributed by atoms with Gasteiger partial charge in [-0.25, -0.2) is 14.4 Å². The van der Waals surface area contributed by atoms with Crippen LogP contribution in [0.2, 0.25) is 0 Å². The molecule has 0 aliphatic heterocycles. The summed E-state index contributed by atoms with van der Waals surface area (Å²) in [5, 5.41) is 2.95. The zero-order valence-corrected chi connectivity index (χ0v) is 15.2. The van der Waals surface area contributed by atoms with Crippen molar-refractivity contribution >= 4 is 22.7 Å². The number of hydrogen-bond acceptors (Lipinski definition) is 7. The second-order valence-corrected chi connectivity index (χ2v) is 5.85. The number of rotatable bonds is 5. The first-order chi connectivity index (χ1) is 13.7. The van der Waals surface area contributed by atoms with E-state index in [0.29, 0.717) is 28.4 Å². The van der Waals surface area contributed by atoms with Gasteiger partial charge in [0.2, 0.25) is 0 Å². The third-order valence-corrected chi connectivity index (χ3v) is 4.11. The summed E-state index contributed by atoms with van der Waals surface area (Å²) >= 11 is 0. The Hall–Kier alpha value is -3.81. The van der Waals surface area contributed by atoms with Crippen LogP contribution in [0.25, 0.3) is 22.4 Å². The summed E-state index contributed by atoms with van der Waals surface area (Å²) in [6, 6.07) is 10.2. The number of methoxy groups -OCH3 is 2. The van der Waals surface area contributed by atoms with Crippen LogP contribution in [0.3, 0.4) is 0 Å². The molecule has 0 saturated heterocycles. The first-order valence-electron chi connectivity index (χ1n) is 8.40. The SMILES string of the molecule is COc1cc(Nc2ccc3ncc(-c4ccncc4)nc3n2)c(F)c(OC)c1. The van der Waals surface area contributed by atoms with E-state index >= 15 is 0 Å². The predicted octanol–water partition coefficient (Wildman–Crippen LogP) is 3.99. The van der Waals surface area contributed by atoms with E-state index < -0.39 is 5.82 Å². The van der Waals surface area contributed by atoms with Gasteiger partial charge < -0.3 is 14.8 Å². The Balaban J connectivity index is 1.72. The highest BCUT2D eigenvalue weighted by atomic mass is 19.1. The van der Waals surface area contributed by atoms with E-state index in [0.717, 1.165) is 5.56 Å². The maximum Gasteiger partial charge on any atom is 0.188 e. The molecule has 1 aromatic carbocycles. The van der Waals surface area contributed by atoms with Gasteiger partial charge in [-0.15, -0.1) is 0 Å². The van der Waals surface area contributed by atoms with E-state index in [9.17, 15) is 4.39 Å². The number of fused-ring (bicyclic) bond motifs is 1. The Kier molecular flexibility index (Phi) is 4.67. The van der Waals surface area contributed by atoms with Gasteiger partial charge in [-0.3, -0.25) is 9.97 Å². The Bertz CT molecular complexity index is 1140. The minimum absolute atomic E-state index is 0.0717. The van der Waals surface area contributed by atoms with Crippen molar-refractivity contribution in [3.8, 4) is 22.8 Å². The molecular weight excluding hydrogens is 361 g/mol. The van der Waals surface area contributed by atoms with Crippen LogP contribution < -0.4 is 14.8 Å². The van der Waals surface area contributed by atoms with Gasteiger partial charge in [-0.2, -0.15) is 0 Å². The lowest BCUT2D eigenvalue weighted by Crippen LogP contribution is -2.01. The highest BCUT2D eigenvalue weighted by Crippen LogP contribution is 2.32. The van der Waals surface area contributed by atoms with Crippen molar-refractivity contribution in [2.75, 3.05) is 19.5 Å². The predicted molar refractivity (Wildman–Crippen MR) is 103 cm³/mol. The molecule has 0 spiro atoms. The van der Waals surface area contributed by atoms with Gasteiger partial charge >= 0.3 is 0 Å². The van der Waals surface area contributed by atoms with E-state index in [4.69, 9.17) is 9.47 Å². The lowest BCUT2D eigenvalue weighted by Gasteiger charge is -2.12. The molecule has 28 heavy (non-hydrogen) atoms. The molecule has 0 bridgehead atoms. The maximum absolute atomic E-state index is 14.6. The number of nitrogens with one attached hydrogen (secondary N) is 1. The summed E-state index contributed by atoms with van der Waals surface area (Å²) in [6.45, 7) is 0. The summed E-state index contributed by atoms with van der Waals surface area (Å²) in [5.41, 5.74) is 2.81. The third-order valence-electron chi connectivity index (χ3n) is 4.11. The van der Waals surface area contributed by atoms with Crippen molar-refractivity contribution in [3.05, 3.63) is 60.8 Å². The number of nitrogens with zero attached hydrogens (tertiary/aromatic N) is 4. The second kappa shape index (κ2) is 7.43. The van der Waals surface area contributed by atoms with Crippen LogP contribution in [-0.4, -0.2) is 34.2 Å². The molecule has 0 fully saturated rings. The normalized spacial score (nSPS) is 10.7. The van der Waals surface area contributed by atoms with Crippen LogP contribution in [0.5, 0.6) is 11.5 Å². The van der Waals surface area contributed by atoms with Crippen LogP contribution in [0.4, 0.5) is 15.9 Å². The van der Waals surface area contributed by atoms with E-state index in [-0.39, 0.29) is 11.4 Å². The zero-order valence-electron chi connectivity index (χ0n) is 15.2. The lowest BCUT2D eigenvalue weighted by atomic mass is 10.2. The molecule has 8 heteroatoms. The molecule has 0 radical (unpaired) electrons. The Morgan fingerprint density at radius 2 is 1.79 bits per heavy atom. The van der Waals surface area contributed by atoms with Crippen LogP contribution in [0, 0.1) is 5.82 Å². The standard InChI is InChI=1S/C20H16FN5O2/c1-27-13-9-15(19(21)17(10-13)28-2)24-18-4-3-14-20(26-18)25-16(11-23-14)12-5-7-22-8-6-12/h3-11H,1-2H3,(H,24,25,26). The van der Waals surface area contributed by atoms with E-state index in [1.165, 1.54) is 26.4 Å². The number of benzene rings is 1. The highest BCUT2D eigenvalue weighted by Gasteiger charge is 2.13. The molecular formula is C20H16FN5O2. The third kappa shape index (κ3) is 3.39. The monoisotopic (exact) mass is 377 g/mol. The van der Waals surface area contributed by atoms with Crippen LogP contribution in [-0.2, 0) is 0 Å². The number of halogens is 1. The summed E-state index contributed by atoms with van der Waals surface area (Å²) in [5.74, 6) is 0.411. The minimum Gasteiger partial charge on any atom is -0.497 e. The molecule has 4 aromatic rings. The number of aromatic nitrogens is 4. The average Bonchev–Trinajstić information content (AvgIpc) is 2.75. The Morgan fingerprint density at radius 3 is 2.54 bits per heavy atom. The molecule has 0 amide bonds. The smallest absolute Gasteiger partial charge is 0.188 e. The van der Waals surface area contributed by atoms with Gasteiger partial charge in [0, 0.05) is 30.1 Å². The van der Waals surface area contributed by atoms with E-state index in [1.54, 1.807) is 30.7 Å². The molecule has 4 rings (SSSR count). The van der Waals surface area contributed by atoms with Crippen molar-refractivity contribution < 1.29 is 13.9 Å². The van der Waals surface area contributed by atoms with Gasteiger partial charge in [-0.05, 0) is 24.3 Å². The molecule has 0 aliphatic rings. The van der Waals surface area contributed by atoms with Crippen molar-refractivity contribution in [1.82, 2.24) is 19.9 Å². The second-order valence-electron chi connectivity index (χ2n) is 5.85. The number of hydrogen-bond donors (Lipinski definition) is 1. The maximum atomic E-state index is 14.6. The van der Waals surface area contributed by atoms with Crippen molar-refractivity contribution in [1.29, 1.82) is 0 Å². The molecule has 0 aliphatic carbocycles. The fourth-order valence-corrected chi connectivity index (χ4v) is 2.70. The summed E-state index contributed by atoms with van der Waals surface area (Å²) in [6.07, 6.45) is 5.05. The fourth-order valence-electron chi connectivity index (χ4n) is 2.70. The fraction of sp³-hybridized carbons (Fsp3) is 0.100. The first-order valence-corrected chi connectivity index (χ1v) is 8.40. The average molecular weight is 377 g/mol. The van der Waals surface area contributed by atoms with Gasteiger partial charge in [0.1, 0.15) is 17.1 Å². The Labute approximate surface area is 160 Å². The molecule has 3 heterocycles. The van der Waals surface area contributed by atoms with Crippen LogP contribution in [0.15, 0.2) is 55.0 Å².